The molecule has 0 radical (unpaired) electrons. The summed E-state index contributed by atoms with van der Waals surface area (Å²) in [5.41, 5.74) is 0. The Labute approximate surface area is 85.7 Å². The number of hydrogen-bond acceptors (Lipinski definition) is 3. The van der Waals surface area contributed by atoms with Gasteiger partial charge in [0.25, 0.3) is 0 Å². The molecule has 0 rings (SSSR count). The molecule has 0 aromatic heterocycles. The Kier molecular flexibility index (Phi) is 8.21. The molecule has 3 nitrogen and oxygen atoms in total. The first kappa shape index (κ1) is 13.5. The van der Waals surface area contributed by atoms with E-state index in [-0.39, 0.29) is 0 Å². The SMILES string of the molecule is CCCCOP(O)(=S)OCCCC. The molecule has 80 valence electrons. The van der Waals surface area contributed by atoms with Crippen molar-refractivity contribution < 1.29 is 13.9 Å². The summed E-state index contributed by atoms with van der Waals surface area (Å²) in [7, 11) is 0. The zero-order valence-corrected chi connectivity index (χ0v) is 10.1. The molecule has 0 amide bonds. The minimum Gasteiger partial charge on any atom is -0.324 e. The Bertz CT molecular complexity index is 149. The lowest BCUT2D eigenvalue weighted by Crippen LogP contribution is -1.97. The van der Waals surface area contributed by atoms with Gasteiger partial charge in [0.1, 0.15) is 0 Å². The average Bonchev–Trinajstić information content (AvgIpc) is 2.05. The van der Waals surface area contributed by atoms with Gasteiger partial charge in [0.05, 0.1) is 13.2 Å². The lowest BCUT2D eigenvalue weighted by molar-refractivity contribution is 0.193. The van der Waals surface area contributed by atoms with E-state index < -0.39 is 6.72 Å². The summed E-state index contributed by atoms with van der Waals surface area (Å²) in [4.78, 5) is 9.45. The van der Waals surface area contributed by atoms with Gasteiger partial charge in [-0.1, -0.05) is 26.7 Å². The van der Waals surface area contributed by atoms with Gasteiger partial charge in [0.15, 0.2) is 0 Å². The van der Waals surface area contributed by atoms with E-state index in [1.807, 2.05) is 0 Å². The molecular weight excluding hydrogens is 207 g/mol. The van der Waals surface area contributed by atoms with Crippen molar-refractivity contribution in [2.75, 3.05) is 13.2 Å². The van der Waals surface area contributed by atoms with E-state index in [0.29, 0.717) is 13.2 Å². The van der Waals surface area contributed by atoms with Crippen LogP contribution >= 0.6 is 6.72 Å². The van der Waals surface area contributed by atoms with Crippen molar-refractivity contribution in [3.63, 3.8) is 0 Å². The minimum absolute atomic E-state index is 0.496. The predicted octanol–water partition coefficient (Wildman–Crippen LogP) is 2.84. The molecular formula is C8H19O3PS. The van der Waals surface area contributed by atoms with Crippen molar-refractivity contribution >= 4 is 18.5 Å². The maximum absolute atomic E-state index is 9.45. The van der Waals surface area contributed by atoms with E-state index in [4.69, 9.17) is 20.9 Å². The molecule has 0 unspecified atom stereocenters. The lowest BCUT2D eigenvalue weighted by atomic mass is 10.4. The summed E-state index contributed by atoms with van der Waals surface area (Å²) in [6.07, 6.45) is 3.89. The number of hydrogen-bond donors (Lipinski definition) is 1. The number of rotatable bonds is 8. The van der Waals surface area contributed by atoms with E-state index >= 15 is 0 Å². The Morgan fingerprint density at radius 1 is 1.08 bits per heavy atom. The Balaban J connectivity index is 3.49. The molecule has 0 aliphatic rings. The molecule has 13 heavy (non-hydrogen) atoms. The van der Waals surface area contributed by atoms with Crippen LogP contribution in [-0.2, 0) is 20.9 Å². The van der Waals surface area contributed by atoms with Crippen LogP contribution in [0.25, 0.3) is 0 Å². The first-order valence-corrected chi connectivity index (χ1v) is 7.33. The summed E-state index contributed by atoms with van der Waals surface area (Å²) in [5, 5.41) is 0. The van der Waals surface area contributed by atoms with Gasteiger partial charge < -0.3 is 13.9 Å². The van der Waals surface area contributed by atoms with Crippen LogP contribution in [-0.4, -0.2) is 18.1 Å². The van der Waals surface area contributed by atoms with Gasteiger partial charge in [-0.3, -0.25) is 0 Å². The highest BCUT2D eigenvalue weighted by molar-refractivity contribution is 8.07. The molecule has 0 aromatic rings. The third-order valence-electron chi connectivity index (χ3n) is 1.50. The average molecular weight is 226 g/mol. The minimum atomic E-state index is -2.92. The van der Waals surface area contributed by atoms with Gasteiger partial charge in [-0.25, -0.2) is 0 Å². The highest BCUT2D eigenvalue weighted by atomic mass is 32.5. The quantitative estimate of drug-likeness (QED) is 0.510. The van der Waals surface area contributed by atoms with Gasteiger partial charge in [0, 0.05) is 0 Å². The fourth-order valence-corrected chi connectivity index (χ4v) is 1.93. The standard InChI is InChI=1S/C8H19O3PS/c1-3-5-7-10-12(9,13)11-8-6-4-2/h3-8H2,1-2H3,(H,9,13). The molecule has 0 aliphatic heterocycles. The predicted molar refractivity (Wildman–Crippen MR) is 58.2 cm³/mol. The molecule has 0 heterocycles. The molecule has 0 aromatic carbocycles. The van der Waals surface area contributed by atoms with Gasteiger partial charge in [0.2, 0.25) is 0 Å². The molecule has 0 aliphatic carbocycles. The summed E-state index contributed by atoms with van der Waals surface area (Å²) in [6, 6.07) is 0. The van der Waals surface area contributed by atoms with Crippen LogP contribution in [0.15, 0.2) is 0 Å². The maximum atomic E-state index is 9.45. The summed E-state index contributed by atoms with van der Waals surface area (Å²) < 4.78 is 10.2. The van der Waals surface area contributed by atoms with Crippen LogP contribution < -0.4 is 0 Å². The molecule has 0 atom stereocenters. The molecule has 0 fully saturated rings. The lowest BCUT2D eigenvalue weighted by Gasteiger charge is -2.14. The van der Waals surface area contributed by atoms with Crippen LogP contribution in [0.1, 0.15) is 39.5 Å². The highest BCUT2D eigenvalue weighted by Gasteiger charge is 2.13. The van der Waals surface area contributed by atoms with Crippen LogP contribution in [0, 0.1) is 0 Å². The van der Waals surface area contributed by atoms with E-state index in [1.54, 1.807) is 0 Å². The van der Waals surface area contributed by atoms with Crippen LogP contribution in [0.3, 0.4) is 0 Å². The van der Waals surface area contributed by atoms with Crippen molar-refractivity contribution in [2.45, 2.75) is 39.5 Å². The topological polar surface area (TPSA) is 38.7 Å². The fraction of sp³-hybridized carbons (Fsp3) is 1.00. The van der Waals surface area contributed by atoms with Crippen molar-refractivity contribution in [3.8, 4) is 0 Å². The largest absolute Gasteiger partial charge is 0.324 e. The van der Waals surface area contributed by atoms with E-state index in [9.17, 15) is 4.89 Å². The third-order valence-corrected chi connectivity index (χ3v) is 3.15. The van der Waals surface area contributed by atoms with Crippen molar-refractivity contribution in [2.24, 2.45) is 0 Å². The molecule has 0 spiro atoms. The molecule has 0 bridgehead atoms. The van der Waals surface area contributed by atoms with Gasteiger partial charge in [-0.05, 0) is 24.6 Å². The second-order valence-electron chi connectivity index (χ2n) is 2.84. The third kappa shape index (κ3) is 8.85. The smallest absolute Gasteiger partial charge is 0.324 e. The zero-order valence-electron chi connectivity index (χ0n) is 8.36. The Morgan fingerprint density at radius 2 is 1.46 bits per heavy atom. The first-order valence-electron chi connectivity index (χ1n) is 4.74. The maximum Gasteiger partial charge on any atom is 0.324 e. The van der Waals surface area contributed by atoms with E-state index in [0.717, 1.165) is 25.7 Å². The first-order chi connectivity index (χ1) is 6.12. The monoisotopic (exact) mass is 226 g/mol. The van der Waals surface area contributed by atoms with Crippen molar-refractivity contribution in [1.29, 1.82) is 0 Å². The molecule has 5 heteroatoms. The zero-order chi connectivity index (χ0) is 10.2. The fourth-order valence-electron chi connectivity index (χ4n) is 0.686. The van der Waals surface area contributed by atoms with Crippen LogP contribution in [0.5, 0.6) is 0 Å². The highest BCUT2D eigenvalue weighted by Crippen LogP contribution is 2.43. The number of unbranched alkanes of at least 4 members (excludes halogenated alkanes) is 2. The summed E-state index contributed by atoms with van der Waals surface area (Å²) >= 11 is 4.79. The van der Waals surface area contributed by atoms with Crippen LogP contribution in [0.2, 0.25) is 0 Å². The van der Waals surface area contributed by atoms with Crippen molar-refractivity contribution in [1.82, 2.24) is 0 Å². The molecule has 0 saturated carbocycles. The van der Waals surface area contributed by atoms with Crippen molar-refractivity contribution in [3.05, 3.63) is 0 Å². The summed E-state index contributed by atoms with van der Waals surface area (Å²) in [6.45, 7) is 2.19. The van der Waals surface area contributed by atoms with Crippen LogP contribution in [0.4, 0.5) is 0 Å². The van der Waals surface area contributed by atoms with E-state index in [2.05, 4.69) is 13.8 Å². The summed E-state index contributed by atoms with van der Waals surface area (Å²) in [5.74, 6) is 0. The van der Waals surface area contributed by atoms with Gasteiger partial charge in [-0.2, -0.15) is 0 Å². The normalized spacial score (nSPS) is 11.9. The Morgan fingerprint density at radius 3 is 1.77 bits per heavy atom. The second kappa shape index (κ2) is 7.89. The molecule has 0 saturated heterocycles. The molecule has 1 N–H and O–H groups in total. The van der Waals surface area contributed by atoms with Gasteiger partial charge >= 0.3 is 6.72 Å². The second-order valence-corrected chi connectivity index (χ2v) is 5.68. The van der Waals surface area contributed by atoms with E-state index in [1.165, 1.54) is 0 Å². The Hall–Kier alpha value is 0.530. The van der Waals surface area contributed by atoms with Gasteiger partial charge in [-0.15, -0.1) is 0 Å².